The summed E-state index contributed by atoms with van der Waals surface area (Å²) < 4.78 is 4.92. The molecule has 0 unspecified atom stereocenters. The van der Waals surface area contributed by atoms with Crippen molar-refractivity contribution in [2.45, 2.75) is 19.3 Å². The molecular formula is C15H14N6O4S. The van der Waals surface area contributed by atoms with Crippen molar-refractivity contribution >= 4 is 39.5 Å². The lowest BCUT2D eigenvalue weighted by molar-refractivity contribution is -0.402. The zero-order valence-corrected chi connectivity index (χ0v) is 14.4. The first-order valence-electron chi connectivity index (χ1n) is 7.82. The number of piperidine rings is 1. The van der Waals surface area contributed by atoms with Gasteiger partial charge in [0.2, 0.25) is 10.3 Å². The minimum absolute atomic E-state index is 0.0367. The van der Waals surface area contributed by atoms with Crippen LogP contribution in [0.3, 0.4) is 0 Å². The molecule has 11 heteroatoms. The summed E-state index contributed by atoms with van der Waals surface area (Å²) in [5.41, 5.74) is -0.260. The summed E-state index contributed by atoms with van der Waals surface area (Å²) in [6.07, 6.45) is 4.52. The van der Waals surface area contributed by atoms with Crippen LogP contribution in [-0.4, -0.2) is 34.1 Å². The van der Waals surface area contributed by atoms with Gasteiger partial charge >= 0.3 is 5.88 Å². The Morgan fingerprint density at radius 1 is 1.38 bits per heavy atom. The Morgan fingerprint density at radius 2 is 2.15 bits per heavy atom. The van der Waals surface area contributed by atoms with E-state index in [0.29, 0.717) is 0 Å². The van der Waals surface area contributed by atoms with E-state index in [2.05, 4.69) is 20.4 Å². The van der Waals surface area contributed by atoms with Gasteiger partial charge in [0, 0.05) is 19.2 Å². The number of nitrogens with zero attached hydrogens (tertiary/aromatic N) is 5. The van der Waals surface area contributed by atoms with Crippen LogP contribution in [0.4, 0.5) is 16.1 Å². The first kappa shape index (κ1) is 17.6. The molecule has 134 valence electrons. The van der Waals surface area contributed by atoms with Crippen molar-refractivity contribution in [2.24, 2.45) is 0 Å². The number of aromatic nitrogens is 2. The third kappa shape index (κ3) is 4.04. The maximum Gasteiger partial charge on any atom is 0.433 e. The molecule has 3 heterocycles. The first-order chi connectivity index (χ1) is 12.6. The van der Waals surface area contributed by atoms with Gasteiger partial charge in [-0.3, -0.25) is 20.2 Å². The van der Waals surface area contributed by atoms with E-state index in [4.69, 9.17) is 9.68 Å². The monoisotopic (exact) mass is 374 g/mol. The molecule has 1 aliphatic heterocycles. The molecule has 2 aromatic heterocycles. The van der Waals surface area contributed by atoms with Crippen molar-refractivity contribution in [1.29, 1.82) is 5.26 Å². The third-order valence-corrected chi connectivity index (χ3v) is 4.61. The minimum atomic E-state index is -0.702. The van der Waals surface area contributed by atoms with Crippen molar-refractivity contribution in [2.75, 3.05) is 23.3 Å². The summed E-state index contributed by atoms with van der Waals surface area (Å²) in [4.78, 5) is 24.2. The maximum absolute atomic E-state index is 12.2. The highest BCUT2D eigenvalue weighted by Crippen LogP contribution is 2.27. The van der Waals surface area contributed by atoms with Crippen LogP contribution in [0.1, 0.15) is 25.0 Å². The topological polar surface area (TPSA) is 138 Å². The quantitative estimate of drug-likeness (QED) is 0.365. The van der Waals surface area contributed by atoms with Gasteiger partial charge < -0.3 is 9.32 Å². The van der Waals surface area contributed by atoms with E-state index in [1.165, 1.54) is 23.8 Å². The first-order valence-corrected chi connectivity index (χ1v) is 8.64. The molecule has 0 spiro atoms. The molecule has 2 aromatic rings. The number of hydrogen-bond acceptors (Lipinski definition) is 9. The van der Waals surface area contributed by atoms with Gasteiger partial charge in [-0.15, -0.1) is 10.2 Å². The Labute approximate surface area is 151 Å². The number of nitriles is 1. The zero-order valence-electron chi connectivity index (χ0n) is 13.5. The number of nitrogens with one attached hydrogen (secondary N) is 1. The van der Waals surface area contributed by atoms with Crippen LogP contribution in [0.25, 0.3) is 6.08 Å². The van der Waals surface area contributed by atoms with Crippen LogP contribution in [-0.2, 0) is 4.79 Å². The van der Waals surface area contributed by atoms with E-state index in [0.717, 1.165) is 43.2 Å². The highest BCUT2D eigenvalue weighted by Gasteiger charge is 2.18. The predicted octanol–water partition coefficient (Wildman–Crippen LogP) is 2.58. The van der Waals surface area contributed by atoms with E-state index >= 15 is 0 Å². The Bertz CT molecular complexity index is 890. The van der Waals surface area contributed by atoms with Gasteiger partial charge in [0.05, 0.1) is 6.07 Å². The summed E-state index contributed by atoms with van der Waals surface area (Å²) in [6.45, 7) is 1.81. The Kier molecular flexibility index (Phi) is 5.23. The smallest absolute Gasteiger partial charge is 0.401 e. The molecule has 0 atom stereocenters. The van der Waals surface area contributed by atoms with Gasteiger partial charge in [-0.2, -0.15) is 5.26 Å². The highest BCUT2D eigenvalue weighted by atomic mass is 32.1. The molecule has 1 saturated heterocycles. The van der Waals surface area contributed by atoms with Gasteiger partial charge in [0.25, 0.3) is 5.91 Å². The van der Waals surface area contributed by atoms with E-state index in [-0.39, 0.29) is 16.5 Å². The number of carbonyl (C=O) groups is 1. The Balaban J connectivity index is 1.69. The van der Waals surface area contributed by atoms with Crippen LogP contribution < -0.4 is 10.2 Å². The average molecular weight is 374 g/mol. The number of furan rings is 1. The number of hydrogen-bond donors (Lipinski definition) is 1. The molecule has 0 saturated carbocycles. The lowest BCUT2D eigenvalue weighted by Crippen LogP contribution is -2.29. The number of rotatable bonds is 5. The second kappa shape index (κ2) is 7.75. The van der Waals surface area contributed by atoms with Crippen LogP contribution in [0.15, 0.2) is 22.1 Å². The van der Waals surface area contributed by atoms with Crippen LogP contribution >= 0.6 is 11.3 Å². The van der Waals surface area contributed by atoms with Crippen molar-refractivity contribution < 1.29 is 14.1 Å². The molecule has 0 bridgehead atoms. The van der Waals surface area contributed by atoms with Gasteiger partial charge in [0.1, 0.15) is 22.3 Å². The number of amides is 1. The molecule has 1 N–H and O–H groups in total. The second-order valence-corrected chi connectivity index (χ2v) is 6.45. The lowest BCUT2D eigenvalue weighted by Gasteiger charge is -2.25. The summed E-state index contributed by atoms with van der Waals surface area (Å²) in [7, 11) is 0. The molecule has 1 fully saturated rings. The van der Waals surface area contributed by atoms with Crippen LogP contribution in [0.2, 0.25) is 0 Å². The van der Waals surface area contributed by atoms with Crippen molar-refractivity contribution in [3.8, 4) is 6.07 Å². The molecule has 10 nitrogen and oxygen atoms in total. The number of carbonyl (C=O) groups excluding carboxylic acids is 1. The summed E-state index contributed by atoms with van der Waals surface area (Å²) in [5, 5.41) is 31.3. The molecule has 0 aromatic carbocycles. The number of anilines is 2. The lowest BCUT2D eigenvalue weighted by atomic mass is 10.1. The van der Waals surface area contributed by atoms with Gasteiger partial charge in [0.15, 0.2) is 0 Å². The van der Waals surface area contributed by atoms with Crippen molar-refractivity contribution in [3.05, 3.63) is 33.6 Å². The van der Waals surface area contributed by atoms with E-state index in [1.54, 1.807) is 6.07 Å². The fourth-order valence-corrected chi connectivity index (χ4v) is 3.24. The number of nitro groups is 1. The molecule has 1 aliphatic rings. The van der Waals surface area contributed by atoms with Gasteiger partial charge in [-0.1, -0.05) is 11.3 Å². The fraction of sp³-hybridized carbons (Fsp3) is 0.333. The third-order valence-electron chi connectivity index (χ3n) is 3.71. The van der Waals surface area contributed by atoms with Gasteiger partial charge in [-0.25, -0.2) is 0 Å². The predicted molar refractivity (Wildman–Crippen MR) is 93.6 cm³/mol. The molecular weight excluding hydrogens is 360 g/mol. The van der Waals surface area contributed by atoms with E-state index in [1.807, 2.05) is 0 Å². The van der Waals surface area contributed by atoms with Crippen molar-refractivity contribution in [3.63, 3.8) is 0 Å². The Morgan fingerprint density at radius 3 is 2.81 bits per heavy atom. The average Bonchev–Trinajstić information content (AvgIpc) is 3.30. The molecule has 3 rings (SSSR count). The normalized spacial score (nSPS) is 14.7. The van der Waals surface area contributed by atoms with Crippen LogP contribution in [0.5, 0.6) is 0 Å². The van der Waals surface area contributed by atoms with Crippen LogP contribution in [0, 0.1) is 21.4 Å². The fourth-order valence-electron chi connectivity index (χ4n) is 2.45. The maximum atomic E-state index is 12.2. The molecule has 0 radical (unpaired) electrons. The minimum Gasteiger partial charge on any atom is -0.401 e. The van der Waals surface area contributed by atoms with Gasteiger partial charge in [-0.05, 0) is 25.3 Å². The van der Waals surface area contributed by atoms with Crippen molar-refractivity contribution in [1.82, 2.24) is 10.2 Å². The largest absolute Gasteiger partial charge is 0.433 e. The summed E-state index contributed by atoms with van der Waals surface area (Å²) in [5.74, 6) is -1.12. The van der Waals surface area contributed by atoms with E-state index < -0.39 is 16.7 Å². The highest BCUT2D eigenvalue weighted by molar-refractivity contribution is 7.19. The second-order valence-electron chi connectivity index (χ2n) is 5.49. The van der Waals surface area contributed by atoms with E-state index in [9.17, 15) is 14.9 Å². The Hall–Kier alpha value is -3.26. The molecule has 26 heavy (non-hydrogen) atoms. The standard InChI is InChI=1S/C15H14N6O4S/c16-9-10(8-11-4-5-12(25-11)21(23)24)13(22)17-14-18-19-15(26-14)20-6-2-1-3-7-20/h4-5,8H,1-3,6-7H2,(H,17,18,22)/b10-8-. The summed E-state index contributed by atoms with van der Waals surface area (Å²) in [6, 6.07) is 4.20. The zero-order chi connectivity index (χ0) is 18.5. The molecule has 0 aliphatic carbocycles. The SMILES string of the molecule is N#C/C(=C/c1ccc([N+](=O)[O-])o1)C(=O)Nc1nnc(N2CCCCC2)s1. The summed E-state index contributed by atoms with van der Waals surface area (Å²) >= 11 is 1.23. The molecule has 1 amide bonds.